The number of hydrogen-bond donors (Lipinski definition) is 1. The molecule has 0 aromatic heterocycles. The number of unbranched alkanes of at least 4 members (excludes halogenated alkanes) is 1. The van der Waals surface area contributed by atoms with Crippen molar-refractivity contribution in [1.82, 2.24) is 5.32 Å². The summed E-state index contributed by atoms with van der Waals surface area (Å²) in [6.45, 7) is 3.02. The first-order valence-electron chi connectivity index (χ1n) is 6.77. The Balaban J connectivity index is 2.24. The normalized spacial score (nSPS) is 16.7. The van der Waals surface area contributed by atoms with Gasteiger partial charge < -0.3 is 10.1 Å². The van der Waals surface area contributed by atoms with Crippen LogP contribution in [0.1, 0.15) is 51.9 Å². The third-order valence-corrected chi connectivity index (χ3v) is 3.30. The molecule has 3 nitrogen and oxygen atoms in total. The highest BCUT2D eigenvalue weighted by Gasteiger charge is 2.17. The van der Waals surface area contributed by atoms with Gasteiger partial charge in [0, 0.05) is 0 Å². The van der Waals surface area contributed by atoms with Crippen LogP contribution in [-0.4, -0.2) is 25.7 Å². The molecule has 0 saturated heterocycles. The van der Waals surface area contributed by atoms with Crippen LogP contribution in [0.2, 0.25) is 0 Å². The van der Waals surface area contributed by atoms with Gasteiger partial charge in [-0.2, -0.15) is 0 Å². The van der Waals surface area contributed by atoms with Gasteiger partial charge in [-0.3, -0.25) is 4.79 Å². The lowest BCUT2D eigenvalue weighted by atomic mass is 10.1. The molecule has 1 aliphatic rings. The van der Waals surface area contributed by atoms with E-state index < -0.39 is 0 Å². The maximum Gasteiger partial charge on any atom is 0.322 e. The molecule has 1 atom stereocenters. The Morgan fingerprint density at radius 1 is 1.59 bits per heavy atom. The summed E-state index contributed by atoms with van der Waals surface area (Å²) in [5.41, 5.74) is 1.54. The number of hydrogen-bond acceptors (Lipinski definition) is 3. The number of carbonyl (C=O) groups excluding carboxylic acids is 1. The van der Waals surface area contributed by atoms with E-state index >= 15 is 0 Å². The Kier molecular flexibility index (Phi) is 6.94. The largest absolute Gasteiger partial charge is 0.468 e. The van der Waals surface area contributed by atoms with Crippen LogP contribution in [0, 0.1) is 0 Å². The second kappa shape index (κ2) is 8.29. The predicted molar refractivity (Wildman–Crippen MR) is 69.9 cm³/mol. The molecule has 17 heavy (non-hydrogen) atoms. The van der Waals surface area contributed by atoms with E-state index in [1.165, 1.54) is 31.9 Å². The fraction of sp³-hybridized carbons (Fsp3) is 0.786. The Morgan fingerprint density at radius 2 is 2.41 bits per heavy atom. The van der Waals surface area contributed by atoms with Crippen LogP contribution in [0.4, 0.5) is 0 Å². The van der Waals surface area contributed by atoms with Crippen molar-refractivity contribution in [2.45, 2.75) is 57.9 Å². The van der Waals surface area contributed by atoms with Crippen molar-refractivity contribution in [3.8, 4) is 0 Å². The van der Waals surface area contributed by atoms with Gasteiger partial charge in [0.1, 0.15) is 6.04 Å². The van der Waals surface area contributed by atoms with Crippen LogP contribution in [0.25, 0.3) is 0 Å². The molecule has 0 aliphatic heterocycles. The van der Waals surface area contributed by atoms with Crippen molar-refractivity contribution in [2.24, 2.45) is 0 Å². The average molecular weight is 239 g/mol. The average Bonchev–Trinajstić information content (AvgIpc) is 2.85. The summed E-state index contributed by atoms with van der Waals surface area (Å²) >= 11 is 0. The lowest BCUT2D eigenvalue weighted by Crippen LogP contribution is -2.38. The molecule has 1 aliphatic carbocycles. The van der Waals surface area contributed by atoms with E-state index in [2.05, 4.69) is 18.3 Å². The van der Waals surface area contributed by atoms with Crippen molar-refractivity contribution < 1.29 is 9.53 Å². The van der Waals surface area contributed by atoms with E-state index in [1.807, 2.05) is 0 Å². The molecule has 0 fully saturated rings. The molecule has 1 N–H and O–H groups in total. The zero-order valence-electron chi connectivity index (χ0n) is 11.1. The Hall–Kier alpha value is -0.830. The Labute approximate surface area is 105 Å². The van der Waals surface area contributed by atoms with Crippen LogP contribution in [0.3, 0.4) is 0 Å². The van der Waals surface area contributed by atoms with Crippen molar-refractivity contribution >= 4 is 5.97 Å². The Bertz CT molecular complexity index is 261. The van der Waals surface area contributed by atoms with E-state index in [1.54, 1.807) is 0 Å². The molecule has 0 bridgehead atoms. The minimum Gasteiger partial charge on any atom is -0.468 e. The summed E-state index contributed by atoms with van der Waals surface area (Å²) in [5, 5.41) is 3.32. The number of rotatable bonds is 8. The third kappa shape index (κ3) is 5.35. The van der Waals surface area contributed by atoms with Gasteiger partial charge in [-0.05, 0) is 38.6 Å². The maximum absolute atomic E-state index is 11.5. The molecule has 3 heteroatoms. The predicted octanol–water partition coefficient (Wildman–Crippen LogP) is 2.81. The van der Waals surface area contributed by atoms with E-state index in [0.717, 1.165) is 32.2 Å². The van der Waals surface area contributed by atoms with Gasteiger partial charge in [-0.15, -0.1) is 0 Å². The van der Waals surface area contributed by atoms with Crippen molar-refractivity contribution in [1.29, 1.82) is 0 Å². The minimum absolute atomic E-state index is 0.123. The maximum atomic E-state index is 11.5. The smallest absolute Gasteiger partial charge is 0.322 e. The van der Waals surface area contributed by atoms with Gasteiger partial charge in [0.05, 0.1) is 7.11 Å². The number of esters is 1. The van der Waals surface area contributed by atoms with Crippen molar-refractivity contribution in [3.63, 3.8) is 0 Å². The van der Waals surface area contributed by atoms with Crippen LogP contribution in [0.5, 0.6) is 0 Å². The quantitative estimate of drug-likeness (QED) is 0.523. The van der Waals surface area contributed by atoms with Crippen molar-refractivity contribution in [2.75, 3.05) is 13.7 Å². The lowest BCUT2D eigenvalue weighted by molar-refractivity contribution is -0.143. The molecule has 0 spiro atoms. The fourth-order valence-electron chi connectivity index (χ4n) is 2.23. The van der Waals surface area contributed by atoms with Gasteiger partial charge in [0.25, 0.3) is 0 Å². The summed E-state index contributed by atoms with van der Waals surface area (Å²) in [6, 6.07) is -0.123. The summed E-state index contributed by atoms with van der Waals surface area (Å²) < 4.78 is 4.82. The number of methoxy groups -OCH3 is 1. The standard InChI is InChI=1S/C14H25NO2/c1-3-4-9-13(14(16)17-2)15-11-10-12-7-5-6-8-12/h7,13,15H,3-6,8-11H2,1-2H3. The van der Waals surface area contributed by atoms with Crippen LogP contribution in [-0.2, 0) is 9.53 Å². The van der Waals surface area contributed by atoms with E-state index in [4.69, 9.17) is 4.74 Å². The number of ether oxygens (including phenoxy) is 1. The van der Waals surface area contributed by atoms with E-state index in [0.29, 0.717) is 0 Å². The molecule has 0 saturated carbocycles. The molecule has 0 aromatic rings. The fourth-order valence-corrected chi connectivity index (χ4v) is 2.23. The van der Waals surface area contributed by atoms with E-state index in [-0.39, 0.29) is 12.0 Å². The SMILES string of the molecule is CCCCC(NCCC1=CCCC1)C(=O)OC. The monoisotopic (exact) mass is 239 g/mol. The van der Waals surface area contributed by atoms with Gasteiger partial charge in [-0.25, -0.2) is 0 Å². The second-order valence-corrected chi connectivity index (χ2v) is 4.68. The minimum atomic E-state index is -0.126. The lowest BCUT2D eigenvalue weighted by Gasteiger charge is -2.16. The zero-order valence-corrected chi connectivity index (χ0v) is 11.1. The zero-order chi connectivity index (χ0) is 12.5. The number of allylic oxidation sites excluding steroid dienone is 1. The van der Waals surface area contributed by atoms with Gasteiger partial charge in [0.15, 0.2) is 0 Å². The first-order chi connectivity index (χ1) is 8.27. The first kappa shape index (κ1) is 14.2. The topological polar surface area (TPSA) is 38.3 Å². The second-order valence-electron chi connectivity index (χ2n) is 4.68. The van der Waals surface area contributed by atoms with Crippen LogP contribution in [0.15, 0.2) is 11.6 Å². The summed E-state index contributed by atoms with van der Waals surface area (Å²) in [4.78, 5) is 11.5. The number of carbonyl (C=O) groups is 1. The number of nitrogens with one attached hydrogen (secondary N) is 1. The van der Waals surface area contributed by atoms with Crippen LogP contribution >= 0.6 is 0 Å². The van der Waals surface area contributed by atoms with Crippen LogP contribution < -0.4 is 5.32 Å². The molecule has 1 unspecified atom stereocenters. The first-order valence-corrected chi connectivity index (χ1v) is 6.77. The van der Waals surface area contributed by atoms with Gasteiger partial charge >= 0.3 is 5.97 Å². The summed E-state index contributed by atoms with van der Waals surface area (Å²) in [6.07, 6.45) is 10.2. The molecule has 0 radical (unpaired) electrons. The highest BCUT2D eigenvalue weighted by Crippen LogP contribution is 2.19. The Morgan fingerprint density at radius 3 is 3.00 bits per heavy atom. The van der Waals surface area contributed by atoms with Crippen molar-refractivity contribution in [3.05, 3.63) is 11.6 Å². The summed E-state index contributed by atoms with van der Waals surface area (Å²) in [5.74, 6) is -0.126. The molecule has 1 rings (SSSR count). The molecule has 0 aromatic carbocycles. The molecule has 0 heterocycles. The van der Waals surface area contributed by atoms with Gasteiger partial charge in [-0.1, -0.05) is 31.4 Å². The molecule has 0 amide bonds. The molecule has 98 valence electrons. The highest BCUT2D eigenvalue weighted by molar-refractivity contribution is 5.75. The highest BCUT2D eigenvalue weighted by atomic mass is 16.5. The van der Waals surface area contributed by atoms with E-state index in [9.17, 15) is 4.79 Å². The van der Waals surface area contributed by atoms with Gasteiger partial charge in [0.2, 0.25) is 0 Å². The third-order valence-electron chi connectivity index (χ3n) is 3.30. The molecular weight excluding hydrogens is 214 g/mol. The summed E-state index contributed by atoms with van der Waals surface area (Å²) in [7, 11) is 1.46. The molecular formula is C14H25NO2.